The zero-order valence-corrected chi connectivity index (χ0v) is 19.4. The summed E-state index contributed by atoms with van der Waals surface area (Å²) in [6.07, 6.45) is 1.01. The molecule has 11 heteroatoms. The molecule has 0 radical (unpaired) electrons. The van der Waals surface area contributed by atoms with E-state index in [1.54, 1.807) is 0 Å². The summed E-state index contributed by atoms with van der Waals surface area (Å²) in [5.74, 6) is -8.33. The van der Waals surface area contributed by atoms with Gasteiger partial charge in [0, 0.05) is 34.2 Å². The molecule has 4 aliphatic carbocycles. The van der Waals surface area contributed by atoms with E-state index < -0.39 is 63.9 Å². The van der Waals surface area contributed by atoms with E-state index in [0.29, 0.717) is 17.5 Å². The topological polar surface area (TPSA) is 187 Å². The molecule has 1 amide bonds. The van der Waals surface area contributed by atoms with Gasteiger partial charge in [0.25, 0.3) is 5.91 Å². The highest BCUT2D eigenvalue weighted by Gasteiger charge is 2.63. The van der Waals surface area contributed by atoms with Crippen molar-refractivity contribution in [2.24, 2.45) is 29.2 Å². The number of nitrogens with zero attached hydrogens (tertiary/aromatic N) is 1. The van der Waals surface area contributed by atoms with Crippen LogP contribution in [0.1, 0.15) is 41.1 Å². The summed E-state index contributed by atoms with van der Waals surface area (Å²) in [6, 6.07) is -1.73. The minimum Gasteiger partial charge on any atom is -0.508 e. The van der Waals surface area contributed by atoms with Crippen molar-refractivity contribution in [2.45, 2.75) is 43.4 Å². The van der Waals surface area contributed by atoms with Gasteiger partial charge in [0.05, 0.1) is 11.6 Å². The van der Waals surface area contributed by atoms with Crippen LogP contribution in [-0.2, 0) is 27.2 Å². The summed E-state index contributed by atoms with van der Waals surface area (Å²) >= 11 is 0. The first kappa shape index (κ1) is 23.1. The number of primary amides is 1. The van der Waals surface area contributed by atoms with E-state index in [1.165, 1.54) is 0 Å². The maximum absolute atomic E-state index is 16.0. The molecule has 1 saturated heterocycles. The third kappa shape index (κ3) is 2.52. The van der Waals surface area contributed by atoms with Crippen molar-refractivity contribution in [3.05, 3.63) is 45.0 Å². The van der Waals surface area contributed by atoms with Crippen molar-refractivity contribution in [1.82, 2.24) is 4.90 Å². The number of aliphatic hydroxyl groups is 3. The van der Waals surface area contributed by atoms with Gasteiger partial charge in [-0.05, 0) is 51.1 Å². The molecule has 0 aromatic heterocycles. The van der Waals surface area contributed by atoms with Gasteiger partial charge in [-0.25, -0.2) is 4.39 Å². The zero-order valence-electron chi connectivity index (χ0n) is 19.4. The predicted octanol–water partition coefficient (Wildman–Crippen LogP) is 0.0491. The Bertz CT molecular complexity index is 1370. The van der Waals surface area contributed by atoms with Crippen molar-refractivity contribution in [3.8, 4) is 5.75 Å². The first-order valence-corrected chi connectivity index (χ1v) is 11.9. The van der Waals surface area contributed by atoms with Crippen LogP contribution < -0.4 is 11.5 Å². The van der Waals surface area contributed by atoms with E-state index >= 15 is 4.39 Å². The van der Waals surface area contributed by atoms with Gasteiger partial charge in [0.2, 0.25) is 5.78 Å². The second-order valence-electron chi connectivity index (χ2n) is 10.7. The molecule has 1 heterocycles. The molecule has 0 spiro atoms. The summed E-state index contributed by atoms with van der Waals surface area (Å²) in [7, 11) is 1.90. The molecule has 0 bridgehead atoms. The number of amides is 1. The summed E-state index contributed by atoms with van der Waals surface area (Å²) in [6.45, 7) is 0.801. The fraction of sp³-hybridized carbons (Fsp3) is 0.480. The Kier molecular flexibility index (Phi) is 4.59. The molecule has 8 N–H and O–H groups in total. The number of aliphatic hydroxyl groups excluding tert-OH is 2. The number of benzene rings is 1. The van der Waals surface area contributed by atoms with Gasteiger partial charge in [-0.15, -0.1) is 0 Å². The molecule has 2 fully saturated rings. The smallest absolute Gasteiger partial charge is 0.255 e. The van der Waals surface area contributed by atoms with Crippen molar-refractivity contribution < 1.29 is 39.2 Å². The van der Waals surface area contributed by atoms with E-state index in [2.05, 4.69) is 0 Å². The molecule has 190 valence electrons. The molecular weight excluding hydrogens is 473 g/mol. The molecule has 1 aromatic rings. The molecule has 10 nitrogen and oxygen atoms in total. The number of likely N-dealkylation sites (tertiary alicyclic amines) is 1. The summed E-state index contributed by atoms with van der Waals surface area (Å²) in [5, 5.41) is 44.4. The Morgan fingerprint density at radius 2 is 1.86 bits per heavy atom. The van der Waals surface area contributed by atoms with Crippen LogP contribution in [0.15, 0.2) is 16.9 Å². The van der Waals surface area contributed by atoms with Crippen LogP contribution in [0.3, 0.4) is 0 Å². The van der Waals surface area contributed by atoms with E-state index in [0.717, 1.165) is 13.0 Å². The first-order chi connectivity index (χ1) is 16.9. The van der Waals surface area contributed by atoms with Gasteiger partial charge in [-0.3, -0.25) is 19.3 Å². The number of phenolic OH excluding ortho intramolecular Hbond substituents is 1. The Labute approximate surface area is 204 Å². The number of rotatable bonds is 1. The number of nitrogens with two attached hydrogens (primary N) is 2. The van der Waals surface area contributed by atoms with Crippen LogP contribution in [0.5, 0.6) is 5.75 Å². The normalized spacial score (nSPS) is 35.4. The number of phenols is 1. The van der Waals surface area contributed by atoms with Crippen molar-refractivity contribution in [3.63, 3.8) is 0 Å². The average Bonchev–Trinajstić information content (AvgIpc) is 3.38. The van der Waals surface area contributed by atoms with E-state index in [-0.39, 0.29) is 47.3 Å². The highest BCUT2D eigenvalue weighted by atomic mass is 19.1. The largest absolute Gasteiger partial charge is 0.508 e. The monoisotopic (exact) mass is 499 g/mol. The third-order valence-electron chi connectivity index (χ3n) is 9.03. The van der Waals surface area contributed by atoms with E-state index in [9.17, 15) is 34.8 Å². The van der Waals surface area contributed by atoms with Crippen LogP contribution in [-0.4, -0.2) is 68.0 Å². The fourth-order valence-electron chi connectivity index (χ4n) is 7.35. The predicted molar refractivity (Wildman–Crippen MR) is 122 cm³/mol. The number of hydrogen-bond acceptors (Lipinski definition) is 9. The second-order valence-corrected chi connectivity index (χ2v) is 10.7. The lowest BCUT2D eigenvalue weighted by molar-refractivity contribution is -0.149. The molecule has 1 aliphatic heterocycles. The maximum Gasteiger partial charge on any atom is 0.255 e. The van der Waals surface area contributed by atoms with Crippen LogP contribution >= 0.6 is 0 Å². The molecule has 6 rings (SSSR count). The molecule has 5 aliphatic rings. The van der Waals surface area contributed by atoms with Crippen molar-refractivity contribution >= 4 is 23.2 Å². The van der Waals surface area contributed by atoms with E-state index in [4.69, 9.17) is 11.5 Å². The summed E-state index contributed by atoms with van der Waals surface area (Å²) in [4.78, 5) is 40.1. The van der Waals surface area contributed by atoms with Crippen molar-refractivity contribution in [2.75, 3.05) is 13.6 Å². The lowest BCUT2D eigenvalue weighted by Gasteiger charge is -2.48. The molecule has 1 aromatic carbocycles. The van der Waals surface area contributed by atoms with Gasteiger partial charge in [-0.2, -0.15) is 0 Å². The molecular formula is C25H26FN3O7. The standard InChI is InChI=1S/C25H26FN3O7/c1-29-3-2-7-4-10-13(18(7)29)16(26)9-5-8-6-11-17(27)21(32)15(24(28)35)23(34)25(11,36)22(33)12(8)20(31)14(9)19(10)30/h7-8,11,17-18,30-31,34,36H,2-6,27H2,1H3,(H2,28,35)/t7-,8-,11-,17-,18-,25-/m0/s1. The van der Waals surface area contributed by atoms with E-state index in [1.807, 2.05) is 11.9 Å². The molecule has 36 heavy (non-hydrogen) atoms. The number of carbonyl (C=O) groups is 3. The number of ketones is 2. The Morgan fingerprint density at radius 3 is 2.53 bits per heavy atom. The number of hydrogen-bond donors (Lipinski definition) is 6. The number of fused-ring (bicyclic) bond motifs is 6. The second kappa shape index (κ2) is 7.15. The SMILES string of the molecule is CN1CC[C@H]2Cc3c(O)c4c(c(F)c3[C@H]21)C[C@H]1C[C@H]2[C@H](N)C(=O)C(C(N)=O)=C(O)[C@@]2(O)C(=O)C1=C4O. The maximum atomic E-state index is 16.0. The van der Waals surface area contributed by atoms with Gasteiger partial charge in [0.15, 0.2) is 11.4 Å². The van der Waals surface area contributed by atoms with Crippen LogP contribution in [0.2, 0.25) is 0 Å². The average molecular weight is 499 g/mol. The fourth-order valence-corrected chi connectivity index (χ4v) is 7.35. The minimum atomic E-state index is -2.78. The molecule has 0 unspecified atom stereocenters. The Morgan fingerprint density at radius 1 is 1.17 bits per heavy atom. The summed E-state index contributed by atoms with van der Waals surface area (Å²) < 4.78 is 16.0. The number of halogens is 1. The Balaban J connectivity index is 1.55. The lowest BCUT2D eigenvalue weighted by Crippen LogP contribution is -2.65. The molecule has 1 saturated carbocycles. The van der Waals surface area contributed by atoms with Crippen LogP contribution in [0.25, 0.3) is 5.76 Å². The highest BCUT2D eigenvalue weighted by molar-refractivity contribution is 6.24. The Hall–Kier alpha value is -3.28. The van der Waals surface area contributed by atoms with Gasteiger partial charge in [0.1, 0.15) is 28.7 Å². The highest BCUT2D eigenvalue weighted by Crippen LogP contribution is 2.56. The van der Waals surface area contributed by atoms with Gasteiger partial charge in [-0.1, -0.05) is 0 Å². The summed E-state index contributed by atoms with van der Waals surface area (Å²) in [5.41, 5.74) is 7.80. The zero-order chi connectivity index (χ0) is 26.0. The van der Waals surface area contributed by atoms with Crippen molar-refractivity contribution in [1.29, 1.82) is 0 Å². The third-order valence-corrected chi connectivity index (χ3v) is 9.03. The molecule has 6 atom stereocenters. The quantitative estimate of drug-likeness (QED) is 0.290. The van der Waals surface area contributed by atoms with Gasteiger partial charge < -0.3 is 31.9 Å². The first-order valence-electron chi connectivity index (χ1n) is 11.9. The van der Waals surface area contributed by atoms with Crippen LogP contribution in [0.4, 0.5) is 4.39 Å². The van der Waals surface area contributed by atoms with Gasteiger partial charge >= 0.3 is 0 Å². The number of carbonyl (C=O) groups excluding carboxylic acids is 3. The number of Topliss-reactive ketones (excluding diaryl/α,β-unsaturated/α-hetero) is 2. The van der Waals surface area contributed by atoms with Crippen LogP contribution in [0, 0.1) is 23.6 Å². The minimum absolute atomic E-state index is 0.0602. The number of aromatic hydroxyl groups is 1. The lowest BCUT2D eigenvalue weighted by atomic mass is 9.58.